The second kappa shape index (κ2) is 5.89. The Bertz CT molecular complexity index is 169. The molecule has 0 fully saturated rings. The van der Waals surface area contributed by atoms with Gasteiger partial charge in [0.05, 0.1) is 0 Å². The van der Waals surface area contributed by atoms with Crippen molar-refractivity contribution in [1.82, 2.24) is 0 Å². The van der Waals surface area contributed by atoms with Crippen LogP contribution in [0, 0.1) is 0 Å². The Kier molecular flexibility index (Phi) is 6.02. The van der Waals surface area contributed by atoms with Crippen LogP contribution in [0.3, 0.4) is 0 Å². The van der Waals surface area contributed by atoms with Gasteiger partial charge in [-0.05, 0) is 0 Å². The van der Waals surface area contributed by atoms with Crippen LogP contribution in [0.2, 0.25) is 17.7 Å². The minimum atomic E-state index is -1.88. The molecule has 0 saturated heterocycles. The number of hydrogen-bond donors (Lipinski definition) is 0. The van der Waals surface area contributed by atoms with E-state index in [1.807, 2.05) is 0 Å². The Morgan fingerprint density at radius 3 is 1.38 bits per heavy atom. The molecule has 1 heteroatoms. The van der Waals surface area contributed by atoms with E-state index in [-0.39, 0.29) is 0 Å². The number of allylic oxidation sites excluding steroid dienone is 4. The summed E-state index contributed by atoms with van der Waals surface area (Å²) in [5.74, 6) is 0. The van der Waals surface area contributed by atoms with Crippen molar-refractivity contribution in [3.05, 3.63) is 24.3 Å². The predicted molar refractivity (Wildman–Crippen MR) is 66.0 cm³/mol. The van der Waals surface area contributed by atoms with E-state index in [9.17, 15) is 0 Å². The van der Waals surface area contributed by atoms with Crippen LogP contribution >= 0.6 is 0 Å². The molecule has 0 aliphatic carbocycles. The van der Waals surface area contributed by atoms with Crippen molar-refractivity contribution in [2.24, 2.45) is 0 Å². The van der Waals surface area contributed by atoms with Crippen molar-refractivity contribution in [3.63, 3.8) is 0 Å². The minimum absolute atomic E-state index is 0.838. The molecule has 0 N–H and O–H groups in total. The number of rotatable bonds is 4. The molecule has 2 atom stereocenters. The van der Waals surface area contributed by atoms with E-state index in [0.29, 0.717) is 0 Å². The first-order valence-corrected chi connectivity index (χ1v) is 14.2. The van der Waals surface area contributed by atoms with Crippen molar-refractivity contribution in [1.29, 1.82) is 0 Å². The normalized spacial score (nSPS) is 18.3. The molecule has 0 aromatic rings. The molecule has 76 valence electrons. The summed E-state index contributed by atoms with van der Waals surface area (Å²) in [6.07, 6.45) is 9.17. The molecule has 2 unspecified atom stereocenters. The van der Waals surface area contributed by atoms with Gasteiger partial charge in [0.1, 0.15) is 0 Å². The van der Waals surface area contributed by atoms with Gasteiger partial charge in [-0.3, -0.25) is 0 Å². The van der Waals surface area contributed by atoms with Gasteiger partial charge in [-0.1, -0.05) is 0 Å². The maximum absolute atomic E-state index is 2.55. The number of hydrogen-bond acceptors (Lipinski definition) is 0. The van der Waals surface area contributed by atoms with Crippen LogP contribution < -0.4 is 0 Å². The fraction of sp³-hybridized carbons (Fsp3) is 0.667. The maximum atomic E-state index is 2.55. The van der Waals surface area contributed by atoms with Gasteiger partial charge in [-0.15, -0.1) is 0 Å². The van der Waals surface area contributed by atoms with E-state index in [0.717, 1.165) is 7.87 Å². The van der Waals surface area contributed by atoms with Crippen molar-refractivity contribution >= 4 is 18.4 Å². The summed E-state index contributed by atoms with van der Waals surface area (Å²) in [7, 11) is 0. The second-order valence-electron chi connectivity index (χ2n) is 4.45. The summed E-state index contributed by atoms with van der Waals surface area (Å²) in [6.45, 7) is 9.02. The third-order valence-electron chi connectivity index (χ3n) is 3.31. The molecular formula is C12H24Sn. The fourth-order valence-electron chi connectivity index (χ4n) is 1.49. The van der Waals surface area contributed by atoms with E-state index in [4.69, 9.17) is 0 Å². The zero-order valence-electron chi connectivity index (χ0n) is 9.96. The van der Waals surface area contributed by atoms with Gasteiger partial charge in [-0.25, -0.2) is 0 Å². The SMILES string of the molecule is C/C=C/[CH](C)[Sn]([CH3])([CH3])[CH](C)/C=C/C. The van der Waals surface area contributed by atoms with Gasteiger partial charge in [0, 0.05) is 0 Å². The Hall–Kier alpha value is 0.279. The molecule has 0 aromatic carbocycles. The third kappa shape index (κ3) is 3.88. The Balaban J connectivity index is 4.53. The standard InChI is InChI=1S/2C5H9.2CH3.Sn/c2*1-3-5-4-2;;;/h2*3-5H,1-2H3;2*1H3;/b2*5-3+;;;. The van der Waals surface area contributed by atoms with Crippen LogP contribution in [0.5, 0.6) is 0 Å². The quantitative estimate of drug-likeness (QED) is 0.522. The Morgan fingerprint density at radius 1 is 0.846 bits per heavy atom. The van der Waals surface area contributed by atoms with Crippen molar-refractivity contribution < 1.29 is 0 Å². The first-order chi connectivity index (χ1) is 5.96. The van der Waals surface area contributed by atoms with Gasteiger partial charge in [0.25, 0.3) is 0 Å². The average Bonchev–Trinajstić information content (AvgIpc) is 2.05. The van der Waals surface area contributed by atoms with Gasteiger partial charge in [0.15, 0.2) is 0 Å². The monoisotopic (exact) mass is 288 g/mol. The van der Waals surface area contributed by atoms with Gasteiger partial charge < -0.3 is 0 Å². The van der Waals surface area contributed by atoms with Gasteiger partial charge in [0.2, 0.25) is 0 Å². The van der Waals surface area contributed by atoms with Crippen LogP contribution in [0.25, 0.3) is 0 Å². The topological polar surface area (TPSA) is 0 Å². The first kappa shape index (κ1) is 13.3. The third-order valence-corrected chi connectivity index (χ3v) is 17.8. The summed E-state index contributed by atoms with van der Waals surface area (Å²) in [4.78, 5) is 5.09. The predicted octanol–water partition coefficient (Wildman–Crippen LogP) is 4.63. The van der Waals surface area contributed by atoms with Crippen LogP contribution in [0.1, 0.15) is 27.7 Å². The fourth-order valence-corrected chi connectivity index (χ4v) is 7.78. The van der Waals surface area contributed by atoms with Crippen LogP contribution in [0.15, 0.2) is 24.3 Å². The van der Waals surface area contributed by atoms with Gasteiger partial charge in [-0.2, -0.15) is 0 Å². The van der Waals surface area contributed by atoms with E-state index in [2.05, 4.69) is 61.9 Å². The molecule has 0 bridgehead atoms. The van der Waals surface area contributed by atoms with Crippen molar-refractivity contribution in [2.45, 2.75) is 45.4 Å². The van der Waals surface area contributed by atoms with E-state index in [1.165, 1.54) is 0 Å². The summed E-state index contributed by atoms with van der Waals surface area (Å²) in [6, 6.07) is 0. The molecule has 0 heterocycles. The Morgan fingerprint density at radius 2 is 1.15 bits per heavy atom. The molecular weight excluding hydrogens is 263 g/mol. The van der Waals surface area contributed by atoms with E-state index < -0.39 is 18.4 Å². The summed E-state index contributed by atoms with van der Waals surface area (Å²) in [5.41, 5.74) is 0. The van der Waals surface area contributed by atoms with E-state index in [1.54, 1.807) is 0 Å². The van der Waals surface area contributed by atoms with Gasteiger partial charge >= 0.3 is 88.1 Å². The Labute approximate surface area is 88.0 Å². The van der Waals surface area contributed by atoms with Crippen molar-refractivity contribution in [2.75, 3.05) is 0 Å². The van der Waals surface area contributed by atoms with E-state index >= 15 is 0 Å². The van der Waals surface area contributed by atoms with Crippen LogP contribution in [-0.2, 0) is 0 Å². The average molecular weight is 287 g/mol. The summed E-state index contributed by atoms with van der Waals surface area (Å²) >= 11 is -1.88. The summed E-state index contributed by atoms with van der Waals surface area (Å²) in [5, 5.41) is 0. The first-order valence-electron chi connectivity index (χ1n) is 5.22. The van der Waals surface area contributed by atoms with Crippen molar-refractivity contribution in [3.8, 4) is 0 Å². The van der Waals surface area contributed by atoms with Crippen LogP contribution in [0.4, 0.5) is 0 Å². The zero-order valence-corrected chi connectivity index (χ0v) is 12.8. The molecule has 0 rings (SSSR count). The molecule has 0 radical (unpaired) electrons. The molecule has 0 spiro atoms. The second-order valence-corrected chi connectivity index (χ2v) is 20.0. The van der Waals surface area contributed by atoms with Crippen LogP contribution in [-0.4, -0.2) is 18.4 Å². The molecule has 0 amide bonds. The molecule has 0 saturated carbocycles. The molecule has 0 aliphatic rings. The summed E-state index contributed by atoms with van der Waals surface area (Å²) < 4.78 is 1.68. The molecule has 0 aromatic heterocycles. The molecule has 0 aliphatic heterocycles. The zero-order chi connectivity index (χ0) is 10.5. The molecule has 13 heavy (non-hydrogen) atoms. The molecule has 0 nitrogen and oxygen atoms in total.